The third-order valence-electron chi connectivity index (χ3n) is 3.87. The van der Waals surface area contributed by atoms with Crippen molar-refractivity contribution in [2.45, 2.75) is 6.54 Å². The molecule has 0 saturated carbocycles. The fourth-order valence-corrected chi connectivity index (χ4v) is 2.81. The second-order valence-corrected chi connectivity index (χ2v) is 5.28. The molecule has 0 atom stereocenters. The van der Waals surface area contributed by atoms with Crippen molar-refractivity contribution in [3.05, 3.63) is 85.1 Å². The minimum Gasteiger partial charge on any atom is -0.341 e. The molecule has 0 spiro atoms. The Bertz CT molecular complexity index is 896. The molecule has 0 aliphatic carbocycles. The number of benzene rings is 1. The zero-order chi connectivity index (χ0) is 14.8. The topological polar surface area (TPSA) is 30.7 Å². The summed E-state index contributed by atoms with van der Waals surface area (Å²) in [6, 6.07) is 16.6. The van der Waals surface area contributed by atoms with Crippen LogP contribution < -0.4 is 0 Å². The van der Waals surface area contributed by atoms with Crippen molar-refractivity contribution < 1.29 is 0 Å². The highest BCUT2D eigenvalue weighted by Crippen LogP contribution is 2.30. The molecule has 0 amide bonds. The van der Waals surface area contributed by atoms with Gasteiger partial charge in [-0.3, -0.25) is 9.97 Å². The lowest BCUT2D eigenvalue weighted by atomic mass is 10.1. The van der Waals surface area contributed by atoms with Gasteiger partial charge in [0.2, 0.25) is 0 Å². The van der Waals surface area contributed by atoms with Gasteiger partial charge in [-0.1, -0.05) is 30.3 Å². The summed E-state index contributed by atoms with van der Waals surface area (Å²) >= 11 is 0. The number of hydrogen-bond acceptors (Lipinski definition) is 2. The highest BCUT2D eigenvalue weighted by atomic mass is 15.0. The minimum atomic E-state index is 0.841. The third kappa shape index (κ3) is 2.27. The van der Waals surface area contributed by atoms with Crippen LogP contribution in [-0.2, 0) is 6.54 Å². The lowest BCUT2D eigenvalue weighted by Crippen LogP contribution is -1.97. The second kappa shape index (κ2) is 5.45. The first-order valence-corrected chi connectivity index (χ1v) is 7.29. The Morgan fingerprint density at radius 2 is 1.59 bits per heavy atom. The molecule has 3 heterocycles. The van der Waals surface area contributed by atoms with Gasteiger partial charge in [0.15, 0.2) is 0 Å². The van der Waals surface area contributed by atoms with E-state index in [4.69, 9.17) is 0 Å². The summed E-state index contributed by atoms with van der Waals surface area (Å²) in [6.07, 6.45) is 9.64. The van der Waals surface area contributed by atoms with Gasteiger partial charge < -0.3 is 4.57 Å². The van der Waals surface area contributed by atoms with Gasteiger partial charge in [-0.05, 0) is 29.3 Å². The van der Waals surface area contributed by atoms with E-state index in [1.807, 2.05) is 43.0 Å². The van der Waals surface area contributed by atoms with Crippen LogP contribution in [0.4, 0.5) is 0 Å². The molecule has 3 aromatic heterocycles. The molecule has 1 aromatic carbocycles. The number of aromatic nitrogens is 3. The average molecular weight is 285 g/mol. The van der Waals surface area contributed by atoms with Crippen LogP contribution in [-0.4, -0.2) is 14.5 Å². The highest BCUT2D eigenvalue weighted by Gasteiger charge is 2.10. The molecule has 3 nitrogen and oxygen atoms in total. The van der Waals surface area contributed by atoms with Crippen LogP contribution in [0.5, 0.6) is 0 Å². The Kier molecular flexibility index (Phi) is 3.16. The van der Waals surface area contributed by atoms with Crippen molar-refractivity contribution in [2.24, 2.45) is 0 Å². The fourth-order valence-electron chi connectivity index (χ4n) is 2.81. The Balaban J connectivity index is 1.86. The summed E-state index contributed by atoms with van der Waals surface area (Å²) in [5, 5.41) is 1.22. The zero-order valence-electron chi connectivity index (χ0n) is 12.1. The monoisotopic (exact) mass is 285 g/mol. The number of nitrogens with zero attached hydrogens (tertiary/aromatic N) is 3. The van der Waals surface area contributed by atoms with E-state index in [9.17, 15) is 0 Å². The van der Waals surface area contributed by atoms with Crippen molar-refractivity contribution >= 4 is 10.9 Å². The van der Waals surface area contributed by atoms with E-state index in [1.54, 1.807) is 0 Å². The van der Waals surface area contributed by atoms with Crippen molar-refractivity contribution in [3.8, 4) is 11.1 Å². The smallest absolute Gasteiger partial charge is 0.0676 e. The average Bonchev–Trinajstić information content (AvgIpc) is 2.96. The maximum absolute atomic E-state index is 4.29. The molecular formula is C19H15N3. The first-order chi connectivity index (χ1) is 10.9. The standard InChI is InChI=1S/C19H15N3/c1-2-4-15(5-3-1)13-22-14-18(16-6-9-20-10-7-16)17-8-11-21-12-19(17)22/h1-12,14H,13H2. The summed E-state index contributed by atoms with van der Waals surface area (Å²) < 4.78 is 2.26. The van der Waals surface area contributed by atoms with E-state index in [2.05, 4.69) is 51.1 Å². The Labute approximate surface area is 128 Å². The third-order valence-corrected chi connectivity index (χ3v) is 3.87. The van der Waals surface area contributed by atoms with Gasteiger partial charge in [0.25, 0.3) is 0 Å². The maximum Gasteiger partial charge on any atom is 0.0676 e. The van der Waals surface area contributed by atoms with Gasteiger partial charge in [0.1, 0.15) is 0 Å². The van der Waals surface area contributed by atoms with Crippen molar-refractivity contribution in [1.29, 1.82) is 0 Å². The molecule has 0 fully saturated rings. The molecule has 0 aliphatic rings. The zero-order valence-corrected chi connectivity index (χ0v) is 12.1. The molecule has 0 N–H and O–H groups in total. The van der Waals surface area contributed by atoms with Gasteiger partial charge in [0, 0.05) is 42.3 Å². The summed E-state index contributed by atoms with van der Waals surface area (Å²) in [6.45, 7) is 0.841. The predicted molar refractivity (Wildman–Crippen MR) is 88.5 cm³/mol. The normalized spacial score (nSPS) is 10.9. The van der Waals surface area contributed by atoms with Crippen LogP contribution in [0.1, 0.15) is 5.56 Å². The molecule has 4 aromatic rings. The summed E-state index contributed by atoms with van der Waals surface area (Å²) in [7, 11) is 0. The Morgan fingerprint density at radius 1 is 0.818 bits per heavy atom. The van der Waals surface area contributed by atoms with Gasteiger partial charge in [-0.25, -0.2) is 0 Å². The Morgan fingerprint density at radius 3 is 2.41 bits per heavy atom. The summed E-state index contributed by atoms with van der Waals surface area (Å²) in [5.41, 5.74) is 4.83. The number of pyridine rings is 2. The van der Waals surface area contributed by atoms with Crippen LogP contribution in [0.15, 0.2) is 79.5 Å². The first kappa shape index (κ1) is 12.8. The van der Waals surface area contributed by atoms with Crippen molar-refractivity contribution in [1.82, 2.24) is 14.5 Å². The van der Waals surface area contributed by atoms with Crippen LogP contribution in [0, 0.1) is 0 Å². The Hall–Kier alpha value is -2.94. The predicted octanol–water partition coefficient (Wildman–Crippen LogP) is 4.15. The number of hydrogen-bond donors (Lipinski definition) is 0. The van der Waals surface area contributed by atoms with E-state index in [0.717, 1.165) is 12.1 Å². The summed E-state index contributed by atoms with van der Waals surface area (Å²) in [5.74, 6) is 0. The van der Waals surface area contributed by atoms with Gasteiger partial charge in [-0.2, -0.15) is 0 Å². The van der Waals surface area contributed by atoms with Crippen molar-refractivity contribution in [3.63, 3.8) is 0 Å². The SMILES string of the molecule is c1ccc(Cn2cc(-c3ccncc3)c3ccncc32)cc1. The molecule has 0 unspecified atom stereocenters. The molecule has 106 valence electrons. The number of fused-ring (bicyclic) bond motifs is 1. The van der Waals surface area contributed by atoms with Crippen LogP contribution in [0.3, 0.4) is 0 Å². The lowest BCUT2D eigenvalue weighted by molar-refractivity contribution is 0.836. The summed E-state index contributed by atoms with van der Waals surface area (Å²) in [4.78, 5) is 8.40. The quantitative estimate of drug-likeness (QED) is 0.566. The molecule has 0 bridgehead atoms. The largest absolute Gasteiger partial charge is 0.341 e. The van der Waals surface area contributed by atoms with E-state index in [1.165, 1.54) is 22.1 Å². The van der Waals surface area contributed by atoms with E-state index in [-0.39, 0.29) is 0 Å². The van der Waals surface area contributed by atoms with Crippen LogP contribution >= 0.6 is 0 Å². The van der Waals surface area contributed by atoms with Crippen molar-refractivity contribution in [2.75, 3.05) is 0 Å². The number of rotatable bonds is 3. The molecule has 0 radical (unpaired) electrons. The maximum atomic E-state index is 4.29. The van der Waals surface area contributed by atoms with E-state index >= 15 is 0 Å². The second-order valence-electron chi connectivity index (χ2n) is 5.28. The molecule has 22 heavy (non-hydrogen) atoms. The van der Waals surface area contributed by atoms with E-state index < -0.39 is 0 Å². The molecule has 4 rings (SSSR count). The minimum absolute atomic E-state index is 0.841. The molecule has 0 aliphatic heterocycles. The first-order valence-electron chi connectivity index (χ1n) is 7.29. The lowest BCUT2D eigenvalue weighted by Gasteiger charge is -2.04. The van der Waals surface area contributed by atoms with Crippen LogP contribution in [0.2, 0.25) is 0 Å². The van der Waals surface area contributed by atoms with E-state index in [0.29, 0.717) is 0 Å². The molecule has 0 saturated heterocycles. The van der Waals surface area contributed by atoms with Crippen LogP contribution in [0.25, 0.3) is 22.0 Å². The molecular weight excluding hydrogens is 270 g/mol. The van der Waals surface area contributed by atoms with Gasteiger partial charge in [0.05, 0.1) is 11.7 Å². The van der Waals surface area contributed by atoms with Gasteiger partial charge in [-0.15, -0.1) is 0 Å². The fraction of sp³-hybridized carbons (Fsp3) is 0.0526. The highest BCUT2D eigenvalue weighted by molar-refractivity contribution is 5.95. The molecule has 3 heteroatoms. The van der Waals surface area contributed by atoms with Gasteiger partial charge >= 0.3 is 0 Å².